The van der Waals surface area contributed by atoms with Crippen LogP contribution < -0.4 is 0 Å². The zero-order chi connectivity index (χ0) is 14.0. The third-order valence-electron chi connectivity index (χ3n) is 2.73. The lowest BCUT2D eigenvalue weighted by molar-refractivity contribution is 0.109. The van der Waals surface area contributed by atoms with Gasteiger partial charge in [-0.1, -0.05) is 30.3 Å². The molecule has 0 amide bonds. The normalized spacial score (nSPS) is 11.3. The van der Waals surface area contributed by atoms with Crippen molar-refractivity contribution in [1.29, 1.82) is 0 Å². The second-order valence-corrected chi connectivity index (χ2v) is 6.57. The fourth-order valence-electron chi connectivity index (χ4n) is 1.80. The van der Waals surface area contributed by atoms with E-state index in [0.717, 1.165) is 11.8 Å². The van der Waals surface area contributed by atoms with E-state index in [-0.39, 0.29) is 10.0 Å². The van der Waals surface area contributed by atoms with Gasteiger partial charge in [-0.25, -0.2) is 8.42 Å². The molecule has 0 aliphatic rings. The first-order valence-electron chi connectivity index (χ1n) is 5.52. The molecule has 98 valence electrons. The molecule has 0 aromatic heterocycles. The van der Waals surface area contributed by atoms with E-state index in [2.05, 4.69) is 12.6 Å². The van der Waals surface area contributed by atoms with Crippen molar-refractivity contribution in [2.75, 3.05) is 6.26 Å². The number of rotatable bonds is 3. The van der Waals surface area contributed by atoms with Gasteiger partial charge < -0.3 is 0 Å². The maximum absolute atomic E-state index is 11.6. The fourth-order valence-corrected chi connectivity index (χ4v) is 2.64. The Kier molecular flexibility index (Phi) is 3.78. The topological polar surface area (TPSA) is 51.2 Å². The Hall–Kier alpha value is -1.59. The smallest absolute Gasteiger partial charge is 0.216 e. The fraction of sp³-hybridized carbons (Fsp3) is 0.0714. The summed E-state index contributed by atoms with van der Waals surface area (Å²) in [5.41, 5.74) is 1.75. The predicted molar refractivity (Wildman–Crippen MR) is 78.3 cm³/mol. The Morgan fingerprint density at radius 2 is 1.68 bits per heavy atom. The zero-order valence-corrected chi connectivity index (χ0v) is 11.9. The van der Waals surface area contributed by atoms with E-state index in [1.165, 1.54) is 18.2 Å². The molecule has 0 unspecified atom stereocenters. The molecular weight excluding hydrogens is 280 g/mol. The molecule has 0 heterocycles. The summed E-state index contributed by atoms with van der Waals surface area (Å²) in [6.45, 7) is 0. The van der Waals surface area contributed by atoms with Crippen molar-refractivity contribution in [3.63, 3.8) is 0 Å². The van der Waals surface area contributed by atoms with Crippen LogP contribution in [0.5, 0.6) is 0 Å². The lowest BCUT2D eigenvalue weighted by Crippen LogP contribution is -2.01. The molecule has 2 aromatic carbocycles. The molecule has 0 aliphatic heterocycles. The maximum Gasteiger partial charge on any atom is 0.216 e. The van der Waals surface area contributed by atoms with E-state index in [1.807, 2.05) is 30.3 Å². The van der Waals surface area contributed by atoms with Crippen LogP contribution in [0.15, 0.2) is 53.4 Å². The van der Waals surface area contributed by atoms with E-state index < -0.39 is 9.84 Å². The second kappa shape index (κ2) is 5.19. The third-order valence-corrected chi connectivity index (χ3v) is 4.09. The SMILES string of the molecule is CS(=O)(=O)c1ccc(C(=O)S)c(-c2ccccc2)c1. The van der Waals surface area contributed by atoms with Crippen LogP contribution in [0.3, 0.4) is 0 Å². The van der Waals surface area contributed by atoms with Crippen LogP contribution in [0, 0.1) is 0 Å². The number of thiol groups is 1. The molecular formula is C14H12O3S2. The molecule has 0 fully saturated rings. The number of benzene rings is 2. The van der Waals surface area contributed by atoms with E-state index >= 15 is 0 Å². The Balaban J connectivity index is 2.72. The van der Waals surface area contributed by atoms with Crippen molar-refractivity contribution in [2.45, 2.75) is 4.90 Å². The monoisotopic (exact) mass is 292 g/mol. The van der Waals surface area contributed by atoms with Gasteiger partial charge in [-0.2, -0.15) is 0 Å². The predicted octanol–water partition coefficient (Wildman–Crippen LogP) is 2.83. The van der Waals surface area contributed by atoms with Gasteiger partial charge in [0.15, 0.2) is 9.84 Å². The molecule has 0 atom stereocenters. The van der Waals surface area contributed by atoms with Crippen LogP contribution >= 0.6 is 12.6 Å². The second-order valence-electron chi connectivity index (χ2n) is 4.15. The largest absolute Gasteiger partial charge is 0.282 e. The summed E-state index contributed by atoms with van der Waals surface area (Å²) in [7, 11) is -3.31. The molecule has 2 aromatic rings. The molecule has 0 spiro atoms. The first-order chi connectivity index (χ1) is 8.89. The summed E-state index contributed by atoms with van der Waals surface area (Å²) in [4.78, 5) is 11.7. The minimum Gasteiger partial charge on any atom is -0.282 e. The van der Waals surface area contributed by atoms with Crippen LogP contribution in [-0.2, 0) is 9.84 Å². The molecule has 3 nitrogen and oxygen atoms in total. The van der Waals surface area contributed by atoms with Crippen molar-refractivity contribution in [3.8, 4) is 11.1 Å². The molecule has 0 radical (unpaired) electrons. The highest BCUT2D eigenvalue weighted by atomic mass is 32.2. The van der Waals surface area contributed by atoms with Gasteiger partial charge in [0.25, 0.3) is 0 Å². The number of hydrogen-bond donors (Lipinski definition) is 1. The molecule has 19 heavy (non-hydrogen) atoms. The van der Waals surface area contributed by atoms with E-state index in [4.69, 9.17) is 0 Å². The van der Waals surface area contributed by atoms with Crippen LogP contribution in [0.25, 0.3) is 11.1 Å². The van der Waals surface area contributed by atoms with Crippen molar-refractivity contribution >= 4 is 27.6 Å². The summed E-state index contributed by atoms with van der Waals surface area (Å²) in [5.74, 6) is 0. The third kappa shape index (κ3) is 3.05. The average Bonchev–Trinajstić information content (AvgIpc) is 2.38. The standard InChI is InChI=1S/C14H12O3S2/c1-19(16,17)11-7-8-12(14(15)18)13(9-11)10-5-3-2-4-6-10/h2-9H,1H3,(H,15,18). The Bertz CT molecular complexity index is 720. The van der Waals surface area contributed by atoms with Gasteiger partial charge in [0.2, 0.25) is 5.12 Å². The number of sulfone groups is 1. The quantitative estimate of drug-likeness (QED) is 0.885. The van der Waals surface area contributed by atoms with Gasteiger partial charge in [0.1, 0.15) is 0 Å². The van der Waals surface area contributed by atoms with E-state index in [0.29, 0.717) is 11.1 Å². The van der Waals surface area contributed by atoms with E-state index in [9.17, 15) is 13.2 Å². The van der Waals surface area contributed by atoms with Crippen LogP contribution in [-0.4, -0.2) is 19.8 Å². The molecule has 2 rings (SSSR count). The van der Waals surface area contributed by atoms with Crippen LogP contribution in [0.1, 0.15) is 10.4 Å². The van der Waals surface area contributed by atoms with Crippen molar-refractivity contribution in [1.82, 2.24) is 0 Å². The highest BCUT2D eigenvalue weighted by Crippen LogP contribution is 2.27. The molecule has 5 heteroatoms. The summed E-state index contributed by atoms with van der Waals surface area (Å²) < 4.78 is 23.2. The van der Waals surface area contributed by atoms with Gasteiger partial charge in [-0.15, -0.1) is 12.6 Å². The van der Waals surface area contributed by atoms with Gasteiger partial charge in [0.05, 0.1) is 4.90 Å². The summed E-state index contributed by atoms with van der Waals surface area (Å²) >= 11 is 3.83. The molecule has 0 saturated heterocycles. The van der Waals surface area contributed by atoms with Crippen molar-refractivity contribution < 1.29 is 13.2 Å². The first kappa shape index (κ1) is 13.8. The lowest BCUT2D eigenvalue weighted by Gasteiger charge is -2.09. The Labute approximate surface area is 117 Å². The van der Waals surface area contributed by atoms with E-state index in [1.54, 1.807) is 0 Å². The highest BCUT2D eigenvalue weighted by Gasteiger charge is 2.14. The molecule has 0 saturated carbocycles. The van der Waals surface area contributed by atoms with Crippen LogP contribution in [0.4, 0.5) is 0 Å². The van der Waals surface area contributed by atoms with Gasteiger partial charge in [-0.3, -0.25) is 4.79 Å². The zero-order valence-electron chi connectivity index (χ0n) is 10.2. The van der Waals surface area contributed by atoms with Crippen molar-refractivity contribution in [2.24, 2.45) is 0 Å². The molecule has 0 aliphatic carbocycles. The molecule has 0 N–H and O–H groups in total. The van der Waals surface area contributed by atoms with Crippen LogP contribution in [0.2, 0.25) is 0 Å². The van der Waals surface area contributed by atoms with Gasteiger partial charge in [0, 0.05) is 11.8 Å². The molecule has 0 bridgehead atoms. The minimum atomic E-state index is -3.31. The Morgan fingerprint density at radius 1 is 1.05 bits per heavy atom. The number of carbonyl (C=O) groups is 1. The van der Waals surface area contributed by atoms with Crippen molar-refractivity contribution in [3.05, 3.63) is 54.1 Å². The summed E-state index contributed by atoms with van der Waals surface area (Å²) in [6, 6.07) is 13.6. The highest BCUT2D eigenvalue weighted by molar-refractivity contribution is 7.97. The first-order valence-corrected chi connectivity index (χ1v) is 7.86. The maximum atomic E-state index is 11.6. The Morgan fingerprint density at radius 3 is 2.21 bits per heavy atom. The lowest BCUT2D eigenvalue weighted by atomic mass is 10.0. The number of carbonyl (C=O) groups excluding carboxylic acids is 1. The summed E-state index contributed by atoms with van der Waals surface area (Å²) in [6.07, 6.45) is 1.14. The average molecular weight is 292 g/mol. The number of hydrogen-bond acceptors (Lipinski definition) is 3. The minimum absolute atomic E-state index is 0.185. The van der Waals surface area contributed by atoms with Gasteiger partial charge in [-0.05, 0) is 29.3 Å². The van der Waals surface area contributed by atoms with Gasteiger partial charge >= 0.3 is 0 Å². The summed E-state index contributed by atoms with van der Waals surface area (Å²) in [5, 5.41) is -0.390.